The van der Waals surface area contributed by atoms with Crippen molar-refractivity contribution in [2.75, 3.05) is 18.4 Å². The van der Waals surface area contributed by atoms with E-state index >= 15 is 0 Å². The predicted octanol–water partition coefficient (Wildman–Crippen LogP) is 4.74. The molecule has 0 bridgehead atoms. The Morgan fingerprint density at radius 3 is 2.52 bits per heavy atom. The molecule has 0 aliphatic carbocycles. The van der Waals surface area contributed by atoms with Gasteiger partial charge in [-0.15, -0.1) is 0 Å². The Morgan fingerprint density at radius 2 is 1.87 bits per heavy atom. The molecule has 1 amide bonds. The fourth-order valence-electron chi connectivity index (χ4n) is 2.36. The minimum Gasteiger partial charge on any atom is -0.354 e. The molecule has 0 unspecified atom stereocenters. The second-order valence-corrected chi connectivity index (χ2v) is 5.73. The molecule has 23 heavy (non-hydrogen) atoms. The summed E-state index contributed by atoms with van der Waals surface area (Å²) in [6.07, 6.45) is 3.51. The lowest BCUT2D eigenvalue weighted by molar-refractivity contribution is 0.0750. The maximum absolute atomic E-state index is 12.6. The number of aromatic nitrogens is 1. The van der Waals surface area contributed by atoms with E-state index in [0.29, 0.717) is 10.7 Å². The van der Waals surface area contributed by atoms with Gasteiger partial charge in [-0.25, -0.2) is 0 Å². The molecule has 1 heterocycles. The van der Waals surface area contributed by atoms with Gasteiger partial charge in [0.2, 0.25) is 0 Å². The topological polar surface area (TPSA) is 45.2 Å². The first-order valence-corrected chi connectivity index (χ1v) is 8.30. The van der Waals surface area contributed by atoms with Crippen LogP contribution in [0, 0.1) is 0 Å². The highest BCUT2D eigenvalue weighted by molar-refractivity contribution is 6.33. The number of rotatable bonds is 7. The number of nitrogens with one attached hydrogen (secondary N) is 1. The number of hydrogen-bond donors (Lipinski definition) is 1. The molecule has 0 fully saturated rings. The monoisotopic (exact) mass is 331 g/mol. The van der Waals surface area contributed by atoms with Crippen LogP contribution in [0.5, 0.6) is 0 Å². The average molecular weight is 332 g/mol. The van der Waals surface area contributed by atoms with Crippen LogP contribution in [-0.4, -0.2) is 28.9 Å². The number of anilines is 2. The Labute approximate surface area is 142 Å². The Balaban J connectivity index is 2.18. The summed E-state index contributed by atoms with van der Waals surface area (Å²) in [5, 5.41) is 3.86. The first-order chi connectivity index (χ1) is 11.2. The summed E-state index contributed by atoms with van der Waals surface area (Å²) in [6.45, 7) is 5.63. The molecule has 0 aliphatic heterocycles. The van der Waals surface area contributed by atoms with Gasteiger partial charge in [0.25, 0.3) is 5.91 Å². The molecule has 0 atom stereocenters. The third-order valence-corrected chi connectivity index (χ3v) is 3.74. The lowest BCUT2D eigenvalue weighted by Crippen LogP contribution is -2.33. The van der Waals surface area contributed by atoms with Gasteiger partial charge in [0.1, 0.15) is 5.69 Å². The summed E-state index contributed by atoms with van der Waals surface area (Å²) in [4.78, 5) is 18.7. The van der Waals surface area contributed by atoms with E-state index in [9.17, 15) is 4.79 Å². The number of carbonyl (C=O) groups excluding carboxylic acids is 1. The second-order valence-electron chi connectivity index (χ2n) is 5.33. The van der Waals surface area contributed by atoms with Gasteiger partial charge in [0, 0.05) is 25.0 Å². The van der Waals surface area contributed by atoms with Gasteiger partial charge in [-0.05, 0) is 37.1 Å². The Kier molecular flexibility index (Phi) is 6.41. The summed E-state index contributed by atoms with van der Waals surface area (Å²) >= 11 is 6.16. The first-order valence-electron chi connectivity index (χ1n) is 7.92. The van der Waals surface area contributed by atoms with Crippen molar-refractivity contribution >= 4 is 28.9 Å². The number of para-hydroxylation sites is 1. The molecule has 5 heteroatoms. The van der Waals surface area contributed by atoms with Crippen molar-refractivity contribution in [1.82, 2.24) is 9.88 Å². The third-order valence-electron chi connectivity index (χ3n) is 3.41. The summed E-state index contributed by atoms with van der Waals surface area (Å²) in [5.74, 6) is -0.0310. The van der Waals surface area contributed by atoms with E-state index in [1.807, 2.05) is 35.2 Å². The lowest BCUT2D eigenvalue weighted by atomic mass is 10.2. The van der Waals surface area contributed by atoms with E-state index in [4.69, 9.17) is 11.6 Å². The Morgan fingerprint density at radius 1 is 1.17 bits per heavy atom. The van der Waals surface area contributed by atoms with E-state index in [2.05, 4.69) is 24.1 Å². The first kappa shape index (κ1) is 17.3. The van der Waals surface area contributed by atoms with Crippen LogP contribution in [0.3, 0.4) is 0 Å². The second kappa shape index (κ2) is 8.53. The molecule has 0 radical (unpaired) electrons. The maximum Gasteiger partial charge on any atom is 0.272 e. The van der Waals surface area contributed by atoms with Gasteiger partial charge in [-0.2, -0.15) is 0 Å². The molecule has 0 saturated carbocycles. The Bertz CT molecular complexity index is 654. The molecule has 122 valence electrons. The van der Waals surface area contributed by atoms with Crippen LogP contribution in [-0.2, 0) is 0 Å². The van der Waals surface area contributed by atoms with Crippen molar-refractivity contribution < 1.29 is 4.79 Å². The van der Waals surface area contributed by atoms with Crippen LogP contribution in [0.15, 0.2) is 42.6 Å². The van der Waals surface area contributed by atoms with Crippen molar-refractivity contribution in [3.05, 3.63) is 53.3 Å². The van der Waals surface area contributed by atoms with E-state index in [1.165, 1.54) is 0 Å². The molecule has 0 aliphatic rings. The van der Waals surface area contributed by atoms with Crippen molar-refractivity contribution in [3.63, 3.8) is 0 Å². The normalized spacial score (nSPS) is 10.4. The minimum atomic E-state index is -0.0310. The molecule has 2 aromatic rings. The summed E-state index contributed by atoms with van der Waals surface area (Å²) in [7, 11) is 0. The number of nitrogens with zero attached hydrogens (tertiary/aromatic N) is 2. The van der Waals surface area contributed by atoms with Crippen molar-refractivity contribution in [2.45, 2.75) is 26.7 Å². The smallest absolute Gasteiger partial charge is 0.272 e. The van der Waals surface area contributed by atoms with Crippen LogP contribution in [0.4, 0.5) is 11.4 Å². The molecular weight excluding hydrogens is 310 g/mol. The molecule has 2 rings (SSSR count). The summed E-state index contributed by atoms with van der Waals surface area (Å²) < 4.78 is 0. The molecule has 1 aromatic carbocycles. The van der Waals surface area contributed by atoms with Crippen LogP contribution >= 0.6 is 11.6 Å². The van der Waals surface area contributed by atoms with Gasteiger partial charge in [0.15, 0.2) is 0 Å². The molecule has 0 saturated heterocycles. The molecule has 4 nitrogen and oxygen atoms in total. The highest BCUT2D eigenvalue weighted by Crippen LogP contribution is 2.25. The molecular formula is C18H22ClN3O. The average Bonchev–Trinajstić information content (AvgIpc) is 2.56. The van der Waals surface area contributed by atoms with Crippen LogP contribution in [0.2, 0.25) is 5.02 Å². The predicted molar refractivity (Wildman–Crippen MR) is 95.5 cm³/mol. The fraction of sp³-hybridized carbons (Fsp3) is 0.333. The SMILES string of the molecule is CCCN(CCC)C(=O)c1cc(Nc2ccccc2Cl)ccn1. The standard InChI is InChI=1S/C18H22ClN3O/c1-3-11-22(12-4-2)18(23)17-13-14(9-10-20-17)21-16-8-6-5-7-15(16)19/h5-10,13H,3-4,11-12H2,1-2H3,(H,20,21). The van der Waals surface area contributed by atoms with Gasteiger partial charge in [0.05, 0.1) is 10.7 Å². The third kappa shape index (κ3) is 4.70. The van der Waals surface area contributed by atoms with E-state index in [1.54, 1.807) is 12.3 Å². The van der Waals surface area contributed by atoms with Crippen molar-refractivity contribution in [3.8, 4) is 0 Å². The maximum atomic E-state index is 12.6. The largest absolute Gasteiger partial charge is 0.354 e. The zero-order chi connectivity index (χ0) is 16.7. The van der Waals surface area contributed by atoms with Gasteiger partial charge >= 0.3 is 0 Å². The van der Waals surface area contributed by atoms with E-state index in [-0.39, 0.29) is 5.91 Å². The number of amides is 1. The fourth-order valence-corrected chi connectivity index (χ4v) is 2.54. The highest BCUT2D eigenvalue weighted by Gasteiger charge is 2.16. The van der Waals surface area contributed by atoms with Crippen LogP contribution < -0.4 is 5.32 Å². The quantitative estimate of drug-likeness (QED) is 0.797. The number of hydrogen-bond acceptors (Lipinski definition) is 3. The minimum absolute atomic E-state index is 0.0310. The van der Waals surface area contributed by atoms with Crippen molar-refractivity contribution in [1.29, 1.82) is 0 Å². The molecule has 1 aromatic heterocycles. The number of benzene rings is 1. The molecule has 0 spiro atoms. The van der Waals surface area contributed by atoms with E-state index in [0.717, 1.165) is 37.3 Å². The Hall–Kier alpha value is -2.07. The van der Waals surface area contributed by atoms with E-state index < -0.39 is 0 Å². The highest BCUT2D eigenvalue weighted by atomic mass is 35.5. The molecule has 1 N–H and O–H groups in total. The zero-order valence-corrected chi connectivity index (χ0v) is 14.3. The lowest BCUT2D eigenvalue weighted by Gasteiger charge is -2.21. The number of halogens is 1. The summed E-state index contributed by atoms with van der Waals surface area (Å²) in [6, 6.07) is 11.1. The number of carbonyl (C=O) groups is 1. The van der Waals surface area contributed by atoms with Gasteiger partial charge < -0.3 is 10.2 Å². The summed E-state index contributed by atoms with van der Waals surface area (Å²) in [5.41, 5.74) is 2.05. The van der Waals surface area contributed by atoms with Crippen molar-refractivity contribution in [2.24, 2.45) is 0 Å². The van der Waals surface area contributed by atoms with Gasteiger partial charge in [-0.3, -0.25) is 9.78 Å². The van der Waals surface area contributed by atoms with Crippen LogP contribution in [0.1, 0.15) is 37.2 Å². The number of pyridine rings is 1. The van der Waals surface area contributed by atoms with Gasteiger partial charge in [-0.1, -0.05) is 37.6 Å². The zero-order valence-electron chi connectivity index (χ0n) is 13.6. The van der Waals surface area contributed by atoms with Crippen LogP contribution in [0.25, 0.3) is 0 Å².